The van der Waals surface area contributed by atoms with Gasteiger partial charge in [-0.1, -0.05) is 0 Å². The van der Waals surface area contributed by atoms with Crippen LogP contribution >= 0.6 is 0 Å². The summed E-state index contributed by atoms with van der Waals surface area (Å²) in [6.07, 6.45) is -1.58. The van der Waals surface area contributed by atoms with E-state index >= 15 is 0 Å². The molecule has 2 unspecified atom stereocenters. The standard InChI is InChI=1S/C18H16O7/c1-22-9-4-12(20)15-14(5-9)25-17-10-6-13(23-2)11(19)3-8(10)7-24-18(17)16(15)21/h3-6,17-20H,7H2,1-2H3. The Hall–Kier alpha value is -2.93. The molecule has 4 rings (SSSR count). The lowest BCUT2D eigenvalue weighted by atomic mass is 9.88. The SMILES string of the molecule is COc1cc(O)c2c(c1)OC1c3cc(OC)c(O)cc3COC1C2=O. The third-order valence-electron chi connectivity index (χ3n) is 4.49. The molecule has 2 aromatic carbocycles. The maximum Gasteiger partial charge on any atom is 0.203 e. The fourth-order valence-electron chi connectivity index (χ4n) is 3.26. The number of phenols is 2. The van der Waals surface area contributed by atoms with Crippen molar-refractivity contribution in [2.24, 2.45) is 0 Å². The predicted octanol–water partition coefficient (Wildman–Crippen LogP) is 2.33. The van der Waals surface area contributed by atoms with E-state index in [4.69, 9.17) is 18.9 Å². The number of methoxy groups -OCH3 is 2. The molecule has 0 radical (unpaired) electrons. The molecule has 0 saturated heterocycles. The molecule has 2 aliphatic rings. The highest BCUT2D eigenvalue weighted by Gasteiger charge is 2.44. The second kappa shape index (κ2) is 5.56. The van der Waals surface area contributed by atoms with Gasteiger partial charge in [0.1, 0.15) is 22.8 Å². The zero-order valence-corrected chi connectivity index (χ0v) is 13.6. The fourth-order valence-corrected chi connectivity index (χ4v) is 3.26. The van der Waals surface area contributed by atoms with Gasteiger partial charge in [-0.15, -0.1) is 0 Å². The first-order valence-electron chi connectivity index (χ1n) is 7.66. The summed E-state index contributed by atoms with van der Waals surface area (Å²) in [6, 6.07) is 6.09. The molecule has 25 heavy (non-hydrogen) atoms. The van der Waals surface area contributed by atoms with Crippen LogP contribution in [0.5, 0.6) is 28.7 Å². The second-order valence-corrected chi connectivity index (χ2v) is 5.88. The van der Waals surface area contributed by atoms with Crippen LogP contribution in [-0.4, -0.2) is 36.3 Å². The number of ether oxygens (including phenoxy) is 4. The van der Waals surface area contributed by atoms with Crippen LogP contribution in [0.1, 0.15) is 27.6 Å². The molecule has 0 amide bonds. The molecule has 2 N–H and O–H groups in total. The van der Waals surface area contributed by atoms with E-state index in [1.54, 1.807) is 12.1 Å². The minimum atomic E-state index is -0.881. The van der Waals surface area contributed by atoms with Crippen LogP contribution in [0, 0.1) is 0 Å². The van der Waals surface area contributed by atoms with Crippen molar-refractivity contribution in [3.63, 3.8) is 0 Å². The molecule has 0 aromatic heterocycles. The highest BCUT2D eigenvalue weighted by Crippen LogP contribution is 2.47. The molecule has 2 atom stereocenters. The lowest BCUT2D eigenvalue weighted by Crippen LogP contribution is -2.41. The summed E-state index contributed by atoms with van der Waals surface area (Å²) >= 11 is 0. The molecule has 2 heterocycles. The largest absolute Gasteiger partial charge is 0.507 e. The van der Waals surface area contributed by atoms with Crippen molar-refractivity contribution in [2.45, 2.75) is 18.8 Å². The van der Waals surface area contributed by atoms with E-state index < -0.39 is 12.2 Å². The number of Topliss-reactive ketones (excluding diaryl/α,β-unsaturated/α-hetero) is 1. The number of aromatic hydroxyl groups is 2. The fraction of sp³-hybridized carbons (Fsp3) is 0.278. The van der Waals surface area contributed by atoms with Gasteiger partial charge in [0.25, 0.3) is 0 Å². The molecule has 2 aliphatic heterocycles. The van der Waals surface area contributed by atoms with E-state index in [1.165, 1.54) is 26.4 Å². The Morgan fingerprint density at radius 2 is 1.84 bits per heavy atom. The van der Waals surface area contributed by atoms with Crippen molar-refractivity contribution in [3.05, 3.63) is 41.0 Å². The molecule has 7 heteroatoms. The Kier molecular flexibility index (Phi) is 3.47. The van der Waals surface area contributed by atoms with E-state index in [0.29, 0.717) is 16.9 Å². The van der Waals surface area contributed by atoms with Crippen LogP contribution in [0.3, 0.4) is 0 Å². The lowest BCUT2D eigenvalue weighted by molar-refractivity contribution is -0.0427. The van der Waals surface area contributed by atoms with Crippen molar-refractivity contribution in [1.29, 1.82) is 0 Å². The Labute approximate surface area is 143 Å². The summed E-state index contributed by atoms with van der Waals surface area (Å²) in [6.45, 7) is 0.148. The van der Waals surface area contributed by atoms with Crippen molar-refractivity contribution < 1.29 is 34.0 Å². The summed E-state index contributed by atoms with van der Waals surface area (Å²) in [5.41, 5.74) is 1.49. The van der Waals surface area contributed by atoms with Crippen LogP contribution in [0.15, 0.2) is 24.3 Å². The van der Waals surface area contributed by atoms with Crippen molar-refractivity contribution >= 4 is 5.78 Å². The van der Waals surface area contributed by atoms with Gasteiger partial charge in [0, 0.05) is 17.7 Å². The average molecular weight is 344 g/mol. The zero-order chi connectivity index (χ0) is 17.7. The Morgan fingerprint density at radius 3 is 2.56 bits per heavy atom. The number of carbonyl (C=O) groups is 1. The molecular weight excluding hydrogens is 328 g/mol. The average Bonchev–Trinajstić information content (AvgIpc) is 2.60. The molecule has 0 fully saturated rings. The maximum atomic E-state index is 12.8. The summed E-state index contributed by atoms with van der Waals surface area (Å²) in [7, 11) is 2.91. The van der Waals surface area contributed by atoms with Gasteiger partial charge in [0.05, 0.1) is 20.8 Å². The van der Waals surface area contributed by atoms with Crippen LogP contribution in [0.2, 0.25) is 0 Å². The van der Waals surface area contributed by atoms with Crippen molar-refractivity contribution in [3.8, 4) is 28.7 Å². The molecule has 0 aliphatic carbocycles. The van der Waals surface area contributed by atoms with E-state index in [2.05, 4.69) is 0 Å². The second-order valence-electron chi connectivity index (χ2n) is 5.88. The van der Waals surface area contributed by atoms with Crippen LogP contribution in [0.25, 0.3) is 0 Å². The molecule has 0 bridgehead atoms. The number of rotatable bonds is 2. The van der Waals surface area contributed by atoms with Gasteiger partial charge in [0.15, 0.2) is 23.7 Å². The molecule has 7 nitrogen and oxygen atoms in total. The first kappa shape index (κ1) is 15.6. The predicted molar refractivity (Wildman–Crippen MR) is 85.6 cm³/mol. The monoisotopic (exact) mass is 344 g/mol. The summed E-state index contributed by atoms with van der Waals surface area (Å²) in [5.74, 6) is 0.314. The number of phenolic OH excluding ortho intramolecular Hbond substituents is 2. The van der Waals surface area contributed by atoms with Gasteiger partial charge in [-0.3, -0.25) is 4.79 Å². The first-order chi connectivity index (χ1) is 12.0. The Balaban J connectivity index is 1.84. The van der Waals surface area contributed by atoms with Crippen molar-refractivity contribution in [2.75, 3.05) is 14.2 Å². The van der Waals surface area contributed by atoms with Crippen molar-refractivity contribution in [1.82, 2.24) is 0 Å². The summed E-state index contributed by atoms with van der Waals surface area (Å²) < 4.78 is 21.9. The highest BCUT2D eigenvalue weighted by atomic mass is 16.6. The van der Waals surface area contributed by atoms with Gasteiger partial charge >= 0.3 is 0 Å². The van der Waals surface area contributed by atoms with Gasteiger partial charge in [-0.05, 0) is 17.7 Å². The van der Waals surface area contributed by atoms with Crippen LogP contribution < -0.4 is 14.2 Å². The van der Waals surface area contributed by atoms with Gasteiger partial charge in [-0.25, -0.2) is 0 Å². The van der Waals surface area contributed by atoms with E-state index in [1.807, 2.05) is 0 Å². The van der Waals surface area contributed by atoms with Gasteiger partial charge < -0.3 is 29.2 Å². The molecule has 0 spiro atoms. The summed E-state index contributed by atoms with van der Waals surface area (Å²) in [4.78, 5) is 12.8. The normalized spacial score (nSPS) is 20.8. The third-order valence-corrected chi connectivity index (χ3v) is 4.49. The number of carbonyl (C=O) groups excluding carboxylic acids is 1. The number of hydrogen-bond donors (Lipinski definition) is 2. The van der Waals surface area contributed by atoms with E-state index in [-0.39, 0.29) is 41.0 Å². The zero-order valence-electron chi connectivity index (χ0n) is 13.6. The molecular formula is C18H16O7. The highest BCUT2D eigenvalue weighted by molar-refractivity contribution is 6.06. The Morgan fingerprint density at radius 1 is 1.04 bits per heavy atom. The smallest absolute Gasteiger partial charge is 0.203 e. The topological polar surface area (TPSA) is 94.5 Å². The number of hydrogen-bond acceptors (Lipinski definition) is 7. The number of ketones is 1. The van der Waals surface area contributed by atoms with Gasteiger partial charge in [-0.2, -0.15) is 0 Å². The number of fused-ring (bicyclic) bond motifs is 4. The van der Waals surface area contributed by atoms with Gasteiger partial charge in [0.2, 0.25) is 5.78 Å². The van der Waals surface area contributed by atoms with Crippen LogP contribution in [0.4, 0.5) is 0 Å². The molecule has 0 saturated carbocycles. The minimum absolute atomic E-state index is 0.00912. The van der Waals surface area contributed by atoms with Crippen LogP contribution in [-0.2, 0) is 11.3 Å². The third kappa shape index (κ3) is 2.27. The lowest BCUT2D eigenvalue weighted by Gasteiger charge is -2.37. The Bertz CT molecular complexity index is 874. The molecule has 2 aromatic rings. The first-order valence-corrected chi connectivity index (χ1v) is 7.66. The summed E-state index contributed by atoms with van der Waals surface area (Å²) in [5, 5.41) is 20.1. The number of benzene rings is 2. The maximum absolute atomic E-state index is 12.8. The van der Waals surface area contributed by atoms with E-state index in [0.717, 1.165) is 0 Å². The quantitative estimate of drug-likeness (QED) is 0.863. The minimum Gasteiger partial charge on any atom is -0.507 e. The van der Waals surface area contributed by atoms with E-state index in [9.17, 15) is 15.0 Å². The molecule has 130 valence electrons.